The van der Waals surface area contributed by atoms with Crippen LogP contribution in [0.5, 0.6) is 0 Å². The third-order valence-corrected chi connectivity index (χ3v) is 3.92. The number of fused-ring (bicyclic) bond motifs is 1. The summed E-state index contributed by atoms with van der Waals surface area (Å²) in [6, 6.07) is 8.90. The number of hydrogen-bond donors (Lipinski definition) is 2. The van der Waals surface area contributed by atoms with Gasteiger partial charge in [0, 0.05) is 18.8 Å². The highest BCUT2D eigenvalue weighted by atomic mass is 16.5. The van der Waals surface area contributed by atoms with Crippen LogP contribution in [0.3, 0.4) is 0 Å². The van der Waals surface area contributed by atoms with Crippen LogP contribution in [0.15, 0.2) is 24.3 Å². The van der Waals surface area contributed by atoms with Gasteiger partial charge in [0.05, 0.1) is 18.8 Å². The van der Waals surface area contributed by atoms with E-state index in [1.807, 2.05) is 0 Å². The van der Waals surface area contributed by atoms with Crippen molar-refractivity contribution in [2.45, 2.75) is 44.4 Å². The number of rotatable bonds is 3. The van der Waals surface area contributed by atoms with Crippen molar-refractivity contribution in [1.82, 2.24) is 5.32 Å². The smallest absolute Gasteiger partial charge is 0.0684 e. The van der Waals surface area contributed by atoms with Gasteiger partial charge in [0.25, 0.3) is 0 Å². The van der Waals surface area contributed by atoms with Gasteiger partial charge in [-0.25, -0.2) is 0 Å². The standard InChI is InChI=1S/C15H22N2O/c1-4-8-15-12(5-1)9-16-10-13(17-15)11-18-14-6-2-3-7-14/h1,4-5,8,13-14,16-17H,2-3,6-7,9-11H2/t13-/m1/s1. The van der Waals surface area contributed by atoms with Gasteiger partial charge in [-0.1, -0.05) is 31.0 Å². The van der Waals surface area contributed by atoms with Gasteiger partial charge in [-0.3, -0.25) is 0 Å². The van der Waals surface area contributed by atoms with Crippen LogP contribution in [0.1, 0.15) is 31.2 Å². The molecule has 3 rings (SSSR count). The Morgan fingerprint density at radius 3 is 2.89 bits per heavy atom. The van der Waals surface area contributed by atoms with Gasteiger partial charge < -0.3 is 15.4 Å². The van der Waals surface area contributed by atoms with Gasteiger partial charge in [-0.05, 0) is 24.5 Å². The van der Waals surface area contributed by atoms with Gasteiger partial charge >= 0.3 is 0 Å². The molecule has 0 unspecified atom stereocenters. The van der Waals surface area contributed by atoms with Crippen LogP contribution >= 0.6 is 0 Å². The zero-order chi connectivity index (χ0) is 12.2. The maximum atomic E-state index is 6.01. The second kappa shape index (κ2) is 5.72. The summed E-state index contributed by atoms with van der Waals surface area (Å²) >= 11 is 0. The van der Waals surface area contributed by atoms with Crippen LogP contribution in [0.25, 0.3) is 0 Å². The van der Waals surface area contributed by atoms with E-state index in [0.717, 1.165) is 19.7 Å². The van der Waals surface area contributed by atoms with Crippen molar-refractivity contribution in [3.8, 4) is 0 Å². The molecule has 1 aromatic carbocycles. The Morgan fingerprint density at radius 1 is 1.17 bits per heavy atom. The monoisotopic (exact) mass is 246 g/mol. The predicted octanol–water partition coefficient (Wildman–Crippen LogP) is 2.53. The van der Waals surface area contributed by atoms with Crippen LogP contribution in [0, 0.1) is 0 Å². The Bertz CT molecular complexity index is 388. The highest BCUT2D eigenvalue weighted by Gasteiger charge is 2.19. The van der Waals surface area contributed by atoms with Gasteiger partial charge in [0.2, 0.25) is 0 Å². The lowest BCUT2D eigenvalue weighted by Gasteiger charge is -2.20. The van der Waals surface area contributed by atoms with E-state index >= 15 is 0 Å². The summed E-state index contributed by atoms with van der Waals surface area (Å²) in [7, 11) is 0. The SMILES string of the molecule is c1ccc2c(c1)CNC[C@H](COC1CCCC1)N2. The van der Waals surface area contributed by atoms with Gasteiger partial charge in [0.15, 0.2) is 0 Å². The van der Waals surface area contributed by atoms with Crippen LogP contribution in [0.4, 0.5) is 5.69 Å². The van der Waals surface area contributed by atoms with Crippen molar-refractivity contribution >= 4 is 5.69 Å². The summed E-state index contributed by atoms with van der Waals surface area (Å²) in [6.07, 6.45) is 5.67. The number of anilines is 1. The van der Waals surface area contributed by atoms with Crippen molar-refractivity contribution in [2.75, 3.05) is 18.5 Å². The summed E-state index contributed by atoms with van der Waals surface area (Å²) < 4.78 is 6.01. The summed E-state index contributed by atoms with van der Waals surface area (Å²) in [5.74, 6) is 0. The molecule has 1 saturated carbocycles. The minimum absolute atomic E-state index is 0.384. The molecule has 1 aliphatic carbocycles. The molecule has 0 amide bonds. The maximum absolute atomic E-state index is 6.01. The number of para-hydroxylation sites is 1. The summed E-state index contributed by atoms with van der Waals surface area (Å²) in [5.41, 5.74) is 2.60. The van der Waals surface area contributed by atoms with E-state index in [9.17, 15) is 0 Å². The predicted molar refractivity (Wildman–Crippen MR) is 73.8 cm³/mol. The fourth-order valence-electron chi connectivity index (χ4n) is 2.88. The molecular weight excluding hydrogens is 224 g/mol. The summed E-state index contributed by atoms with van der Waals surface area (Å²) in [5, 5.41) is 7.08. The lowest BCUT2D eigenvalue weighted by molar-refractivity contribution is 0.0522. The second-order valence-electron chi connectivity index (χ2n) is 5.37. The largest absolute Gasteiger partial charge is 0.378 e. The fraction of sp³-hybridized carbons (Fsp3) is 0.600. The van der Waals surface area contributed by atoms with Crippen molar-refractivity contribution in [3.05, 3.63) is 29.8 Å². The number of benzene rings is 1. The number of ether oxygens (including phenoxy) is 1. The van der Waals surface area contributed by atoms with E-state index in [2.05, 4.69) is 34.9 Å². The van der Waals surface area contributed by atoms with Gasteiger partial charge in [-0.15, -0.1) is 0 Å². The zero-order valence-electron chi connectivity index (χ0n) is 10.8. The Balaban J connectivity index is 1.57. The van der Waals surface area contributed by atoms with Crippen molar-refractivity contribution < 1.29 is 4.74 Å². The molecule has 1 fully saturated rings. The first kappa shape index (κ1) is 12.0. The second-order valence-corrected chi connectivity index (χ2v) is 5.37. The Hall–Kier alpha value is -1.06. The molecule has 1 aromatic rings. The molecule has 2 N–H and O–H groups in total. The Labute approximate surface area is 109 Å². The quantitative estimate of drug-likeness (QED) is 0.860. The number of hydrogen-bond acceptors (Lipinski definition) is 3. The molecule has 0 radical (unpaired) electrons. The average molecular weight is 246 g/mol. The Morgan fingerprint density at radius 2 is 2.00 bits per heavy atom. The molecule has 0 saturated heterocycles. The molecule has 1 aliphatic heterocycles. The molecule has 3 heteroatoms. The Kier molecular flexibility index (Phi) is 3.81. The van der Waals surface area contributed by atoms with Crippen LogP contribution in [0.2, 0.25) is 0 Å². The van der Waals surface area contributed by atoms with Crippen molar-refractivity contribution in [2.24, 2.45) is 0 Å². The van der Waals surface area contributed by atoms with E-state index in [0.29, 0.717) is 12.1 Å². The van der Waals surface area contributed by atoms with Crippen LogP contribution in [-0.2, 0) is 11.3 Å². The molecule has 3 nitrogen and oxygen atoms in total. The van der Waals surface area contributed by atoms with Crippen molar-refractivity contribution in [1.29, 1.82) is 0 Å². The minimum Gasteiger partial charge on any atom is -0.378 e. The van der Waals surface area contributed by atoms with Gasteiger partial charge in [-0.2, -0.15) is 0 Å². The first-order chi connectivity index (χ1) is 8.92. The minimum atomic E-state index is 0.384. The molecule has 0 aromatic heterocycles. The third-order valence-electron chi connectivity index (χ3n) is 3.92. The molecule has 18 heavy (non-hydrogen) atoms. The molecule has 0 spiro atoms. The zero-order valence-corrected chi connectivity index (χ0v) is 10.8. The van der Waals surface area contributed by atoms with E-state index in [-0.39, 0.29) is 0 Å². The first-order valence-electron chi connectivity index (χ1n) is 7.08. The molecule has 2 aliphatic rings. The lowest BCUT2D eigenvalue weighted by Crippen LogP contribution is -2.35. The van der Waals surface area contributed by atoms with E-state index in [1.165, 1.54) is 36.9 Å². The first-order valence-corrected chi connectivity index (χ1v) is 7.08. The summed E-state index contributed by atoms with van der Waals surface area (Å²) in [4.78, 5) is 0. The molecule has 1 heterocycles. The van der Waals surface area contributed by atoms with Gasteiger partial charge in [0.1, 0.15) is 0 Å². The summed E-state index contributed by atoms with van der Waals surface area (Å²) in [6.45, 7) is 2.73. The van der Waals surface area contributed by atoms with E-state index in [4.69, 9.17) is 4.74 Å². The van der Waals surface area contributed by atoms with E-state index < -0.39 is 0 Å². The lowest BCUT2D eigenvalue weighted by atomic mass is 10.2. The molecule has 1 atom stereocenters. The maximum Gasteiger partial charge on any atom is 0.0684 e. The average Bonchev–Trinajstić information content (AvgIpc) is 2.82. The van der Waals surface area contributed by atoms with E-state index in [1.54, 1.807) is 0 Å². The normalized spacial score (nSPS) is 24.3. The topological polar surface area (TPSA) is 33.3 Å². The van der Waals surface area contributed by atoms with Crippen molar-refractivity contribution in [3.63, 3.8) is 0 Å². The molecular formula is C15H22N2O. The van der Waals surface area contributed by atoms with Crippen LogP contribution in [-0.4, -0.2) is 25.3 Å². The third kappa shape index (κ3) is 2.85. The highest BCUT2D eigenvalue weighted by molar-refractivity contribution is 5.52. The van der Waals surface area contributed by atoms with Crippen LogP contribution < -0.4 is 10.6 Å². The molecule has 98 valence electrons. The fourth-order valence-corrected chi connectivity index (χ4v) is 2.88. The molecule has 0 bridgehead atoms. The highest BCUT2D eigenvalue weighted by Crippen LogP contribution is 2.22. The number of nitrogens with one attached hydrogen (secondary N) is 2.